The molecule has 0 N–H and O–H groups in total. The lowest BCUT2D eigenvalue weighted by molar-refractivity contribution is -0.274. The fourth-order valence-electron chi connectivity index (χ4n) is 4.46. The SMILES string of the molecule is O=C1N(c2ccc(OC(F)(F)F)cc2)CC[C@]12CC[C@@H]([S+]([O-])c1ccccc1)CC2. The Morgan fingerprint density at radius 1 is 1.00 bits per heavy atom. The number of carbonyl (C=O) groups is 1. The Hall–Kier alpha value is -2.19. The molecule has 1 aliphatic carbocycles. The zero-order chi connectivity index (χ0) is 21.4. The Labute approximate surface area is 176 Å². The van der Waals surface area contributed by atoms with Gasteiger partial charge < -0.3 is 14.2 Å². The molecule has 0 radical (unpaired) electrons. The van der Waals surface area contributed by atoms with E-state index in [0.29, 0.717) is 31.5 Å². The maximum atomic E-state index is 13.2. The number of hydrogen-bond donors (Lipinski definition) is 0. The molecule has 1 unspecified atom stereocenters. The summed E-state index contributed by atoms with van der Waals surface area (Å²) in [5.74, 6) is -0.299. The summed E-state index contributed by atoms with van der Waals surface area (Å²) in [6, 6.07) is 14.8. The number of hydrogen-bond acceptors (Lipinski definition) is 3. The Kier molecular flexibility index (Phi) is 5.72. The summed E-state index contributed by atoms with van der Waals surface area (Å²) in [6.07, 6.45) is -1.23. The summed E-state index contributed by atoms with van der Waals surface area (Å²) >= 11 is -1.08. The van der Waals surface area contributed by atoms with Crippen LogP contribution in [-0.2, 0) is 16.0 Å². The van der Waals surface area contributed by atoms with E-state index in [0.717, 1.165) is 17.7 Å². The van der Waals surface area contributed by atoms with Crippen LogP contribution in [0.2, 0.25) is 0 Å². The number of nitrogens with zero attached hydrogens (tertiary/aromatic N) is 1. The third kappa shape index (κ3) is 4.30. The first kappa shape index (κ1) is 21.1. The van der Waals surface area contributed by atoms with Crippen LogP contribution >= 0.6 is 0 Å². The van der Waals surface area contributed by atoms with Crippen molar-refractivity contribution in [1.82, 2.24) is 0 Å². The molecule has 1 spiro atoms. The van der Waals surface area contributed by atoms with Crippen LogP contribution in [0.3, 0.4) is 0 Å². The molecule has 2 aromatic rings. The van der Waals surface area contributed by atoms with Gasteiger partial charge in [0.05, 0.1) is 5.41 Å². The van der Waals surface area contributed by atoms with E-state index in [2.05, 4.69) is 4.74 Å². The van der Waals surface area contributed by atoms with Gasteiger partial charge in [-0.15, -0.1) is 13.2 Å². The number of alkyl halides is 3. The lowest BCUT2D eigenvalue weighted by Gasteiger charge is -2.35. The van der Waals surface area contributed by atoms with Gasteiger partial charge in [-0.05, 0) is 79.7 Å². The monoisotopic (exact) mass is 437 g/mol. The maximum Gasteiger partial charge on any atom is 0.573 e. The fraction of sp³-hybridized carbons (Fsp3) is 0.409. The number of amides is 1. The Balaban J connectivity index is 1.40. The molecule has 4 rings (SSSR count). The first-order valence-corrected chi connectivity index (χ1v) is 11.1. The van der Waals surface area contributed by atoms with Gasteiger partial charge >= 0.3 is 6.36 Å². The van der Waals surface area contributed by atoms with Crippen molar-refractivity contribution in [1.29, 1.82) is 0 Å². The van der Waals surface area contributed by atoms with Gasteiger partial charge in [0.2, 0.25) is 5.91 Å². The zero-order valence-electron chi connectivity index (χ0n) is 16.2. The molecule has 0 aromatic heterocycles. The minimum atomic E-state index is -4.74. The Morgan fingerprint density at radius 3 is 2.23 bits per heavy atom. The van der Waals surface area contributed by atoms with Crippen molar-refractivity contribution in [2.75, 3.05) is 11.4 Å². The predicted octanol–water partition coefficient (Wildman–Crippen LogP) is 5.06. The maximum absolute atomic E-state index is 13.2. The van der Waals surface area contributed by atoms with E-state index in [4.69, 9.17) is 0 Å². The van der Waals surface area contributed by atoms with Gasteiger partial charge in [-0.3, -0.25) is 4.79 Å². The van der Waals surface area contributed by atoms with Crippen molar-refractivity contribution in [3.05, 3.63) is 54.6 Å². The number of rotatable bonds is 4. The Morgan fingerprint density at radius 2 is 1.63 bits per heavy atom. The molecule has 30 heavy (non-hydrogen) atoms. The van der Waals surface area contributed by atoms with Crippen LogP contribution < -0.4 is 9.64 Å². The average molecular weight is 437 g/mol. The summed E-state index contributed by atoms with van der Waals surface area (Å²) in [7, 11) is 0. The molecule has 1 atom stereocenters. The summed E-state index contributed by atoms with van der Waals surface area (Å²) in [5.41, 5.74) is 0.111. The molecule has 1 heterocycles. The largest absolute Gasteiger partial charge is 0.611 e. The number of anilines is 1. The van der Waals surface area contributed by atoms with Gasteiger partial charge in [-0.25, -0.2) is 0 Å². The average Bonchev–Trinajstić information content (AvgIpc) is 3.04. The summed E-state index contributed by atoms with van der Waals surface area (Å²) < 4.78 is 53.7. The molecule has 1 amide bonds. The van der Waals surface area contributed by atoms with E-state index in [1.165, 1.54) is 24.3 Å². The molecule has 2 aliphatic rings. The van der Waals surface area contributed by atoms with Gasteiger partial charge in [0.15, 0.2) is 4.90 Å². The predicted molar refractivity (Wildman–Crippen MR) is 108 cm³/mol. The van der Waals surface area contributed by atoms with E-state index in [-0.39, 0.29) is 16.9 Å². The second-order valence-corrected chi connectivity index (χ2v) is 9.57. The second-order valence-electron chi connectivity index (χ2n) is 7.84. The number of halogens is 3. The fourth-order valence-corrected chi connectivity index (χ4v) is 5.94. The molecule has 2 aromatic carbocycles. The minimum absolute atomic E-state index is 0.0101. The number of carbonyl (C=O) groups excluding carboxylic acids is 1. The molecular formula is C22H22F3NO3S. The molecular weight excluding hydrogens is 415 g/mol. The van der Waals surface area contributed by atoms with E-state index < -0.39 is 23.0 Å². The van der Waals surface area contributed by atoms with Crippen molar-refractivity contribution in [3.8, 4) is 5.75 Å². The van der Waals surface area contributed by atoms with Crippen LogP contribution in [0.15, 0.2) is 59.5 Å². The van der Waals surface area contributed by atoms with Crippen LogP contribution in [0, 0.1) is 5.41 Å². The second kappa shape index (κ2) is 8.15. The highest BCUT2D eigenvalue weighted by Gasteiger charge is 2.50. The molecule has 1 aliphatic heterocycles. The third-order valence-corrected chi connectivity index (χ3v) is 7.88. The van der Waals surface area contributed by atoms with Crippen molar-refractivity contribution in [2.45, 2.75) is 48.6 Å². The minimum Gasteiger partial charge on any atom is -0.611 e. The van der Waals surface area contributed by atoms with E-state index in [1.807, 2.05) is 30.3 Å². The normalized spacial score (nSPS) is 25.5. The van der Waals surface area contributed by atoms with Crippen molar-refractivity contribution < 1.29 is 27.3 Å². The number of benzene rings is 2. The molecule has 0 bridgehead atoms. The molecule has 1 saturated heterocycles. The lowest BCUT2D eigenvalue weighted by atomic mass is 9.73. The van der Waals surface area contributed by atoms with Crippen LogP contribution in [0.25, 0.3) is 0 Å². The highest BCUT2D eigenvalue weighted by molar-refractivity contribution is 7.92. The van der Waals surface area contributed by atoms with Crippen LogP contribution in [0.5, 0.6) is 5.75 Å². The lowest BCUT2D eigenvalue weighted by Crippen LogP contribution is -2.40. The van der Waals surface area contributed by atoms with E-state index in [9.17, 15) is 22.5 Å². The van der Waals surface area contributed by atoms with Crippen molar-refractivity contribution >= 4 is 22.8 Å². The molecule has 160 valence electrons. The molecule has 1 saturated carbocycles. The summed E-state index contributed by atoms with van der Waals surface area (Å²) in [5, 5.41) is 0.0404. The third-order valence-electron chi connectivity index (χ3n) is 6.06. The van der Waals surface area contributed by atoms with E-state index in [1.54, 1.807) is 4.90 Å². The quantitative estimate of drug-likeness (QED) is 0.629. The molecule has 8 heteroatoms. The van der Waals surface area contributed by atoms with Crippen LogP contribution in [0.4, 0.5) is 18.9 Å². The van der Waals surface area contributed by atoms with Crippen molar-refractivity contribution in [2.24, 2.45) is 5.41 Å². The van der Waals surface area contributed by atoms with Gasteiger partial charge in [0, 0.05) is 12.2 Å². The van der Waals surface area contributed by atoms with Gasteiger partial charge in [0.1, 0.15) is 11.0 Å². The van der Waals surface area contributed by atoms with Gasteiger partial charge in [-0.2, -0.15) is 0 Å². The van der Waals surface area contributed by atoms with Crippen molar-refractivity contribution in [3.63, 3.8) is 0 Å². The first-order chi connectivity index (χ1) is 14.3. The summed E-state index contributed by atoms with van der Waals surface area (Å²) in [4.78, 5) is 15.6. The Bertz CT molecular complexity index is 881. The van der Waals surface area contributed by atoms with Crippen LogP contribution in [0.1, 0.15) is 32.1 Å². The van der Waals surface area contributed by atoms with Crippen LogP contribution in [-0.4, -0.2) is 28.6 Å². The van der Waals surface area contributed by atoms with E-state index >= 15 is 0 Å². The highest BCUT2D eigenvalue weighted by Crippen LogP contribution is 2.47. The smallest absolute Gasteiger partial charge is 0.573 e. The van der Waals surface area contributed by atoms with Gasteiger partial charge in [0.25, 0.3) is 0 Å². The molecule has 2 fully saturated rings. The first-order valence-electron chi connectivity index (χ1n) is 9.91. The standard InChI is InChI=1S/C22H22F3NO3S/c23-22(24,25)29-17-8-6-16(7-9-17)26-15-14-21(20(26)27)12-10-19(11-13-21)30(28)18-4-2-1-3-5-18/h1-9,19H,10-15H2/t19-,21-,30?. The topological polar surface area (TPSA) is 52.6 Å². The summed E-state index contributed by atoms with van der Waals surface area (Å²) in [6.45, 7) is 0.532. The number of ether oxygens (including phenoxy) is 1. The molecule has 4 nitrogen and oxygen atoms in total. The zero-order valence-corrected chi connectivity index (χ0v) is 17.0. The highest BCUT2D eigenvalue weighted by atomic mass is 32.2. The van der Waals surface area contributed by atoms with Gasteiger partial charge in [-0.1, -0.05) is 18.2 Å².